The maximum atomic E-state index is 5.69. The molecule has 1 nitrogen and oxygen atoms in total. The lowest BCUT2D eigenvalue weighted by atomic mass is 9.95. The van der Waals surface area contributed by atoms with Crippen molar-refractivity contribution in [1.82, 2.24) is 0 Å². The van der Waals surface area contributed by atoms with Gasteiger partial charge in [-0.05, 0) is 25.2 Å². The second-order valence-electron chi connectivity index (χ2n) is 3.23. The summed E-state index contributed by atoms with van der Waals surface area (Å²) in [5.41, 5.74) is 0. The van der Waals surface area contributed by atoms with Gasteiger partial charge in [-0.3, -0.25) is 0 Å². The Morgan fingerprint density at radius 1 is 1.55 bits per heavy atom. The molecular formula is C9H17BrO. The van der Waals surface area contributed by atoms with Gasteiger partial charge in [0.05, 0.1) is 6.10 Å². The van der Waals surface area contributed by atoms with E-state index in [4.69, 9.17) is 4.74 Å². The van der Waals surface area contributed by atoms with Crippen LogP contribution < -0.4 is 0 Å². The van der Waals surface area contributed by atoms with Crippen molar-refractivity contribution in [2.75, 3.05) is 11.9 Å². The predicted octanol–water partition coefficient (Wildman–Crippen LogP) is 2.98. The molecule has 0 aromatic heterocycles. The zero-order valence-electron chi connectivity index (χ0n) is 7.18. The van der Waals surface area contributed by atoms with Crippen LogP contribution in [0, 0.1) is 5.92 Å². The van der Waals surface area contributed by atoms with Gasteiger partial charge >= 0.3 is 0 Å². The minimum absolute atomic E-state index is 0.535. The molecule has 1 aliphatic rings. The van der Waals surface area contributed by atoms with E-state index >= 15 is 0 Å². The molecule has 11 heavy (non-hydrogen) atoms. The highest BCUT2D eigenvalue weighted by Gasteiger charge is 2.21. The number of rotatable bonds is 3. The van der Waals surface area contributed by atoms with Crippen LogP contribution >= 0.6 is 15.9 Å². The molecule has 0 amide bonds. The van der Waals surface area contributed by atoms with E-state index in [9.17, 15) is 0 Å². The highest BCUT2D eigenvalue weighted by Crippen LogP contribution is 2.23. The van der Waals surface area contributed by atoms with Gasteiger partial charge in [0.1, 0.15) is 0 Å². The SMILES string of the molecule is CCC(CBr)C1CCCCO1. The first-order valence-electron chi connectivity index (χ1n) is 4.56. The Hall–Kier alpha value is 0.440. The van der Waals surface area contributed by atoms with Crippen LogP contribution in [0.5, 0.6) is 0 Å². The topological polar surface area (TPSA) is 9.23 Å². The van der Waals surface area contributed by atoms with Crippen molar-refractivity contribution in [3.8, 4) is 0 Å². The van der Waals surface area contributed by atoms with Gasteiger partial charge in [-0.2, -0.15) is 0 Å². The Bertz CT molecular complexity index is 95.7. The van der Waals surface area contributed by atoms with Crippen LogP contribution in [0.2, 0.25) is 0 Å². The van der Waals surface area contributed by atoms with Crippen LogP contribution in [-0.2, 0) is 4.74 Å². The van der Waals surface area contributed by atoms with E-state index in [1.807, 2.05) is 0 Å². The molecule has 0 saturated carbocycles. The molecule has 0 radical (unpaired) electrons. The van der Waals surface area contributed by atoms with E-state index in [1.54, 1.807) is 0 Å². The molecule has 0 aromatic rings. The van der Waals surface area contributed by atoms with Gasteiger partial charge in [0, 0.05) is 11.9 Å². The highest BCUT2D eigenvalue weighted by molar-refractivity contribution is 9.09. The summed E-state index contributed by atoms with van der Waals surface area (Å²) in [5.74, 6) is 0.732. The lowest BCUT2D eigenvalue weighted by Gasteiger charge is -2.28. The van der Waals surface area contributed by atoms with Gasteiger partial charge in [-0.25, -0.2) is 0 Å². The maximum Gasteiger partial charge on any atom is 0.0611 e. The van der Waals surface area contributed by atoms with Crippen molar-refractivity contribution in [2.45, 2.75) is 38.7 Å². The Morgan fingerprint density at radius 2 is 2.36 bits per heavy atom. The summed E-state index contributed by atoms with van der Waals surface area (Å²) >= 11 is 3.53. The van der Waals surface area contributed by atoms with Crippen LogP contribution in [0.25, 0.3) is 0 Å². The molecule has 1 saturated heterocycles. The number of ether oxygens (including phenoxy) is 1. The molecular weight excluding hydrogens is 204 g/mol. The summed E-state index contributed by atoms with van der Waals surface area (Å²) in [4.78, 5) is 0. The van der Waals surface area contributed by atoms with Crippen molar-refractivity contribution >= 4 is 15.9 Å². The summed E-state index contributed by atoms with van der Waals surface area (Å²) in [6.07, 6.45) is 5.65. The van der Waals surface area contributed by atoms with Gasteiger partial charge < -0.3 is 4.74 Å². The van der Waals surface area contributed by atoms with E-state index in [1.165, 1.54) is 25.7 Å². The summed E-state index contributed by atoms with van der Waals surface area (Å²) in [7, 11) is 0. The molecule has 0 aliphatic carbocycles. The highest BCUT2D eigenvalue weighted by atomic mass is 79.9. The molecule has 2 atom stereocenters. The quantitative estimate of drug-likeness (QED) is 0.665. The number of alkyl halides is 1. The standard InChI is InChI=1S/C9H17BrO/c1-2-8(7-10)9-5-3-4-6-11-9/h8-9H,2-7H2,1H3. The first kappa shape index (κ1) is 9.53. The van der Waals surface area contributed by atoms with Crippen molar-refractivity contribution in [3.05, 3.63) is 0 Å². The van der Waals surface area contributed by atoms with E-state index < -0.39 is 0 Å². The first-order valence-corrected chi connectivity index (χ1v) is 5.68. The molecule has 2 heteroatoms. The zero-order chi connectivity index (χ0) is 8.10. The number of hydrogen-bond acceptors (Lipinski definition) is 1. The largest absolute Gasteiger partial charge is 0.378 e. The zero-order valence-corrected chi connectivity index (χ0v) is 8.77. The summed E-state index contributed by atoms with van der Waals surface area (Å²) in [6, 6.07) is 0. The minimum atomic E-state index is 0.535. The van der Waals surface area contributed by atoms with Crippen LogP contribution in [-0.4, -0.2) is 18.0 Å². The van der Waals surface area contributed by atoms with Gasteiger partial charge in [-0.15, -0.1) is 0 Å². The molecule has 0 N–H and O–H groups in total. The third kappa shape index (κ3) is 2.75. The number of halogens is 1. The van der Waals surface area contributed by atoms with Crippen LogP contribution in [0.3, 0.4) is 0 Å². The summed E-state index contributed by atoms with van der Waals surface area (Å²) in [6.45, 7) is 3.22. The third-order valence-corrected chi connectivity index (χ3v) is 3.29. The average Bonchev–Trinajstić information content (AvgIpc) is 2.09. The van der Waals surface area contributed by atoms with Gasteiger partial charge in [0.25, 0.3) is 0 Å². The fraction of sp³-hybridized carbons (Fsp3) is 1.00. The molecule has 66 valence electrons. The molecule has 1 rings (SSSR count). The average molecular weight is 221 g/mol. The Balaban J connectivity index is 2.30. The molecule has 1 aliphatic heterocycles. The van der Waals surface area contributed by atoms with Crippen LogP contribution in [0.1, 0.15) is 32.6 Å². The van der Waals surface area contributed by atoms with E-state index in [-0.39, 0.29) is 0 Å². The van der Waals surface area contributed by atoms with Crippen molar-refractivity contribution in [2.24, 2.45) is 5.92 Å². The van der Waals surface area contributed by atoms with Crippen molar-refractivity contribution in [1.29, 1.82) is 0 Å². The van der Waals surface area contributed by atoms with Crippen LogP contribution in [0.15, 0.2) is 0 Å². The van der Waals surface area contributed by atoms with Crippen molar-refractivity contribution in [3.63, 3.8) is 0 Å². The second-order valence-corrected chi connectivity index (χ2v) is 3.88. The predicted molar refractivity (Wildman–Crippen MR) is 51.2 cm³/mol. The molecule has 2 unspecified atom stereocenters. The van der Waals surface area contributed by atoms with Gasteiger partial charge in [-0.1, -0.05) is 29.3 Å². The Kier molecular flexibility index (Phi) is 4.46. The molecule has 0 spiro atoms. The van der Waals surface area contributed by atoms with Gasteiger partial charge in [0.2, 0.25) is 0 Å². The summed E-state index contributed by atoms with van der Waals surface area (Å²) in [5, 5.41) is 1.09. The maximum absolute atomic E-state index is 5.69. The third-order valence-electron chi connectivity index (χ3n) is 2.46. The van der Waals surface area contributed by atoms with Gasteiger partial charge in [0.15, 0.2) is 0 Å². The lowest BCUT2D eigenvalue weighted by molar-refractivity contribution is -0.0154. The van der Waals surface area contributed by atoms with Crippen molar-refractivity contribution < 1.29 is 4.74 Å². The second kappa shape index (κ2) is 5.15. The smallest absolute Gasteiger partial charge is 0.0611 e. The van der Waals surface area contributed by atoms with E-state index in [2.05, 4.69) is 22.9 Å². The molecule has 0 aromatic carbocycles. The lowest BCUT2D eigenvalue weighted by Crippen LogP contribution is -2.28. The fourth-order valence-corrected chi connectivity index (χ4v) is 2.48. The Labute approximate surface area is 77.6 Å². The first-order chi connectivity index (χ1) is 5.38. The fourth-order valence-electron chi connectivity index (χ4n) is 1.61. The van der Waals surface area contributed by atoms with Crippen LogP contribution in [0.4, 0.5) is 0 Å². The monoisotopic (exact) mass is 220 g/mol. The number of hydrogen-bond donors (Lipinski definition) is 0. The van der Waals surface area contributed by atoms with E-state index in [0.717, 1.165) is 17.9 Å². The molecule has 1 fully saturated rings. The molecule has 1 heterocycles. The van der Waals surface area contributed by atoms with E-state index in [0.29, 0.717) is 6.10 Å². The minimum Gasteiger partial charge on any atom is -0.378 e. The molecule has 0 bridgehead atoms. The summed E-state index contributed by atoms with van der Waals surface area (Å²) < 4.78 is 5.69. The Morgan fingerprint density at radius 3 is 2.82 bits per heavy atom. The normalized spacial score (nSPS) is 28.4.